The Bertz CT molecular complexity index is 1320. The van der Waals surface area contributed by atoms with Gasteiger partial charge in [0.2, 0.25) is 0 Å². The molecule has 0 aromatic heterocycles. The van der Waals surface area contributed by atoms with E-state index in [4.69, 9.17) is 23.2 Å². The molecule has 33 heavy (non-hydrogen) atoms. The third kappa shape index (κ3) is 4.80. The monoisotopic (exact) mass is 543 g/mol. The Balaban J connectivity index is 1.58. The largest absolute Gasteiger partial charge is 0.349 e. The number of rotatable bonds is 5. The van der Waals surface area contributed by atoms with E-state index in [9.17, 15) is 14.4 Å². The summed E-state index contributed by atoms with van der Waals surface area (Å²) in [7, 11) is 0. The van der Waals surface area contributed by atoms with Crippen molar-refractivity contribution in [3.8, 4) is 0 Å². The lowest BCUT2D eigenvalue weighted by Crippen LogP contribution is -2.32. The fourth-order valence-electron chi connectivity index (χ4n) is 3.23. The summed E-state index contributed by atoms with van der Waals surface area (Å²) < 4.78 is 0.898. The van der Waals surface area contributed by atoms with Gasteiger partial charge in [-0.2, -0.15) is 0 Å². The van der Waals surface area contributed by atoms with E-state index in [2.05, 4.69) is 26.6 Å². The van der Waals surface area contributed by atoms with Crippen molar-refractivity contribution in [3.05, 3.63) is 98.1 Å². The molecule has 3 aromatic carbocycles. The average molecular weight is 545 g/mol. The number of halogens is 3. The topological polar surface area (TPSA) is 78.5 Å². The van der Waals surface area contributed by atoms with Crippen LogP contribution in [0.25, 0.3) is 0 Å². The zero-order valence-electron chi connectivity index (χ0n) is 17.2. The molecule has 0 spiro atoms. The highest BCUT2D eigenvalue weighted by molar-refractivity contribution is 9.10. The number of carbonyl (C=O) groups is 3. The quantitative estimate of drug-likeness (QED) is 0.380. The van der Waals surface area contributed by atoms with Gasteiger partial charge in [0.1, 0.15) is 10.7 Å². The minimum absolute atomic E-state index is 0.0739. The van der Waals surface area contributed by atoms with Crippen molar-refractivity contribution in [2.75, 3.05) is 15.5 Å². The van der Waals surface area contributed by atoms with Gasteiger partial charge in [-0.15, -0.1) is 0 Å². The molecule has 4 rings (SSSR count). The van der Waals surface area contributed by atoms with Crippen molar-refractivity contribution in [3.63, 3.8) is 0 Å². The molecule has 0 fully saturated rings. The highest BCUT2D eigenvalue weighted by Crippen LogP contribution is 2.32. The molecule has 0 unspecified atom stereocenters. The lowest BCUT2D eigenvalue weighted by atomic mass is 10.1. The molecule has 3 amide bonds. The van der Waals surface area contributed by atoms with E-state index in [0.717, 1.165) is 14.9 Å². The zero-order chi connectivity index (χ0) is 23.7. The molecule has 0 bridgehead atoms. The Morgan fingerprint density at radius 2 is 1.67 bits per heavy atom. The minimum Gasteiger partial charge on any atom is -0.349 e. The smallest absolute Gasteiger partial charge is 0.283 e. The molecule has 1 heterocycles. The van der Waals surface area contributed by atoms with Crippen LogP contribution in [0, 0.1) is 6.92 Å². The van der Waals surface area contributed by atoms with Gasteiger partial charge in [0.15, 0.2) is 0 Å². The fourth-order valence-corrected chi connectivity index (χ4v) is 3.89. The van der Waals surface area contributed by atoms with E-state index in [1.807, 2.05) is 19.1 Å². The fraction of sp³-hybridized carbons (Fsp3) is 0.0417. The number of aryl methyl sites for hydroxylation is 1. The van der Waals surface area contributed by atoms with Crippen LogP contribution >= 0.6 is 39.1 Å². The maximum absolute atomic E-state index is 13.0. The SMILES string of the molecule is Cc1ccc(C(=O)Nc2ccc(Br)cc2)cc1NC1=C(Cl)C(=O)N(c2cccc(Cl)c2)C1=O. The Hall–Kier alpha value is -3.13. The highest BCUT2D eigenvalue weighted by atomic mass is 79.9. The molecule has 0 saturated carbocycles. The molecule has 166 valence electrons. The average Bonchev–Trinajstić information content (AvgIpc) is 2.99. The van der Waals surface area contributed by atoms with Crippen LogP contribution in [0.5, 0.6) is 0 Å². The van der Waals surface area contributed by atoms with Crippen molar-refractivity contribution in [1.29, 1.82) is 0 Å². The predicted octanol–water partition coefficient (Wildman–Crippen LogP) is 6.10. The second kappa shape index (κ2) is 9.39. The number of carbonyl (C=O) groups excluding carboxylic acids is 3. The van der Waals surface area contributed by atoms with Gasteiger partial charge in [-0.3, -0.25) is 14.4 Å². The first-order valence-corrected chi connectivity index (χ1v) is 11.3. The molecule has 0 atom stereocenters. The van der Waals surface area contributed by atoms with Crippen LogP contribution in [-0.2, 0) is 9.59 Å². The van der Waals surface area contributed by atoms with Gasteiger partial charge >= 0.3 is 0 Å². The van der Waals surface area contributed by atoms with Crippen LogP contribution in [0.2, 0.25) is 5.02 Å². The normalized spacial score (nSPS) is 13.5. The van der Waals surface area contributed by atoms with Crippen molar-refractivity contribution < 1.29 is 14.4 Å². The molecule has 2 N–H and O–H groups in total. The molecule has 1 aliphatic rings. The Kier molecular flexibility index (Phi) is 6.56. The Morgan fingerprint density at radius 1 is 0.939 bits per heavy atom. The number of hydrogen-bond acceptors (Lipinski definition) is 4. The molecule has 3 aromatic rings. The molecular formula is C24H16BrCl2N3O3. The summed E-state index contributed by atoms with van der Waals surface area (Å²) >= 11 is 15.6. The first-order valence-electron chi connectivity index (χ1n) is 9.73. The van der Waals surface area contributed by atoms with Gasteiger partial charge in [0.25, 0.3) is 17.7 Å². The van der Waals surface area contributed by atoms with Crippen molar-refractivity contribution >= 4 is 73.9 Å². The molecule has 0 aliphatic carbocycles. The summed E-state index contributed by atoms with van der Waals surface area (Å²) in [5, 5.41) is 5.89. The third-order valence-electron chi connectivity index (χ3n) is 4.96. The number of benzene rings is 3. The molecule has 0 saturated heterocycles. The van der Waals surface area contributed by atoms with E-state index < -0.39 is 11.8 Å². The van der Waals surface area contributed by atoms with Crippen molar-refractivity contribution in [1.82, 2.24) is 0 Å². The Labute approximate surface area is 208 Å². The van der Waals surface area contributed by atoms with E-state index in [1.165, 1.54) is 6.07 Å². The predicted molar refractivity (Wildman–Crippen MR) is 134 cm³/mol. The molecular weight excluding hydrogens is 529 g/mol. The van der Waals surface area contributed by atoms with Gasteiger partial charge in [0, 0.05) is 26.4 Å². The minimum atomic E-state index is -0.659. The van der Waals surface area contributed by atoms with Crippen LogP contribution in [0.4, 0.5) is 17.1 Å². The molecule has 9 heteroatoms. The van der Waals surface area contributed by atoms with Crippen molar-refractivity contribution in [2.45, 2.75) is 6.92 Å². The van der Waals surface area contributed by atoms with E-state index in [1.54, 1.807) is 48.5 Å². The van der Waals surface area contributed by atoms with Gasteiger partial charge < -0.3 is 10.6 Å². The summed E-state index contributed by atoms with van der Waals surface area (Å²) in [5.41, 5.74) is 2.47. The zero-order valence-corrected chi connectivity index (χ0v) is 20.3. The molecule has 1 aliphatic heterocycles. The number of hydrogen-bond donors (Lipinski definition) is 2. The second-order valence-electron chi connectivity index (χ2n) is 7.23. The van der Waals surface area contributed by atoms with Gasteiger partial charge in [-0.1, -0.05) is 51.3 Å². The number of nitrogens with one attached hydrogen (secondary N) is 2. The number of nitrogens with zero attached hydrogens (tertiary/aromatic N) is 1. The number of amides is 3. The maximum atomic E-state index is 13.0. The summed E-state index contributed by atoms with van der Waals surface area (Å²) in [6, 6.07) is 18.6. The molecule has 0 radical (unpaired) electrons. The lowest BCUT2D eigenvalue weighted by molar-refractivity contribution is -0.120. The summed E-state index contributed by atoms with van der Waals surface area (Å²) in [6.07, 6.45) is 0. The van der Waals surface area contributed by atoms with Crippen LogP contribution < -0.4 is 15.5 Å². The van der Waals surface area contributed by atoms with E-state index in [0.29, 0.717) is 27.6 Å². The lowest BCUT2D eigenvalue weighted by Gasteiger charge is -2.16. The Morgan fingerprint density at radius 3 is 2.36 bits per heavy atom. The summed E-state index contributed by atoms with van der Waals surface area (Å²) in [4.78, 5) is 39.4. The summed E-state index contributed by atoms with van der Waals surface area (Å²) in [5.74, 6) is -1.60. The first-order chi connectivity index (χ1) is 15.7. The second-order valence-corrected chi connectivity index (χ2v) is 8.96. The van der Waals surface area contributed by atoms with Gasteiger partial charge in [-0.25, -0.2) is 4.90 Å². The van der Waals surface area contributed by atoms with E-state index >= 15 is 0 Å². The highest BCUT2D eigenvalue weighted by Gasteiger charge is 2.39. The van der Waals surface area contributed by atoms with Crippen LogP contribution in [-0.4, -0.2) is 17.7 Å². The first kappa shape index (κ1) is 23.0. The van der Waals surface area contributed by atoms with Gasteiger partial charge in [0.05, 0.1) is 5.69 Å². The van der Waals surface area contributed by atoms with Crippen LogP contribution in [0.3, 0.4) is 0 Å². The van der Waals surface area contributed by atoms with Crippen LogP contribution in [0.15, 0.2) is 81.9 Å². The van der Waals surface area contributed by atoms with E-state index in [-0.39, 0.29) is 16.6 Å². The number of imide groups is 1. The van der Waals surface area contributed by atoms with Crippen molar-refractivity contribution in [2.24, 2.45) is 0 Å². The van der Waals surface area contributed by atoms with Crippen LogP contribution in [0.1, 0.15) is 15.9 Å². The number of anilines is 3. The third-order valence-corrected chi connectivity index (χ3v) is 6.07. The summed E-state index contributed by atoms with van der Waals surface area (Å²) in [6.45, 7) is 1.81. The molecule has 6 nitrogen and oxygen atoms in total. The van der Waals surface area contributed by atoms with Gasteiger partial charge in [-0.05, 0) is 67.1 Å². The maximum Gasteiger partial charge on any atom is 0.283 e. The standard InChI is InChI=1S/C24H16BrCl2N3O3/c1-13-5-6-14(22(31)28-17-9-7-15(25)8-10-17)11-19(13)29-21-20(27)23(32)30(24(21)33)18-4-2-3-16(26)12-18/h2-12,29H,1H3,(H,28,31).